The number of rotatable bonds is 3. The Kier molecular flexibility index (Phi) is 11.1. The molecule has 0 aromatic heterocycles. The second-order valence-electron chi connectivity index (χ2n) is 5.94. The summed E-state index contributed by atoms with van der Waals surface area (Å²) in [6.07, 6.45) is 4.00. The Balaban J connectivity index is 0.000000227. The third kappa shape index (κ3) is 7.77. The van der Waals surface area contributed by atoms with E-state index in [1.807, 2.05) is 19.1 Å². The summed E-state index contributed by atoms with van der Waals surface area (Å²) in [6, 6.07) is 12.0. The molecule has 0 radical (unpaired) electrons. The van der Waals surface area contributed by atoms with Crippen LogP contribution in [0.5, 0.6) is 11.5 Å². The summed E-state index contributed by atoms with van der Waals surface area (Å²) in [5, 5.41) is 9.51. The van der Waals surface area contributed by atoms with Crippen molar-refractivity contribution in [3.05, 3.63) is 71.3 Å². The van der Waals surface area contributed by atoms with Gasteiger partial charge in [-0.2, -0.15) is 0 Å². The average Bonchev–Trinajstić information content (AvgIpc) is 3.02. The fourth-order valence-electron chi connectivity index (χ4n) is 2.57. The highest BCUT2D eigenvalue weighted by atomic mass is 127. The van der Waals surface area contributed by atoms with Gasteiger partial charge in [-0.1, -0.05) is 64.1 Å². The zero-order chi connectivity index (χ0) is 19.5. The van der Waals surface area contributed by atoms with Crippen molar-refractivity contribution in [1.29, 1.82) is 0 Å². The number of phenols is 1. The second kappa shape index (κ2) is 12.5. The molecule has 1 N–H and O–H groups in total. The molecule has 1 atom stereocenters. The van der Waals surface area contributed by atoms with Gasteiger partial charge < -0.3 is 9.84 Å². The van der Waals surface area contributed by atoms with Gasteiger partial charge in [-0.3, -0.25) is 0 Å². The Morgan fingerprint density at radius 1 is 1.19 bits per heavy atom. The molecule has 2 aromatic carbocycles. The van der Waals surface area contributed by atoms with Crippen molar-refractivity contribution in [3.8, 4) is 11.5 Å². The molecule has 2 nitrogen and oxygen atoms in total. The largest absolute Gasteiger partial charge is 0.508 e. The summed E-state index contributed by atoms with van der Waals surface area (Å²) >= 11 is 11.9. The Bertz CT molecular complexity index is 704. The quantitative estimate of drug-likeness (QED) is 0.289. The normalized spacial score (nSPS) is 14.1. The number of ether oxygens (including phenoxy) is 1. The van der Waals surface area contributed by atoms with Gasteiger partial charge >= 0.3 is 0 Å². The van der Waals surface area contributed by atoms with E-state index in [0.29, 0.717) is 11.9 Å². The van der Waals surface area contributed by atoms with Crippen LogP contribution in [0.4, 0.5) is 0 Å². The Morgan fingerprint density at radius 2 is 1.81 bits per heavy atom. The molecule has 0 saturated carbocycles. The summed E-state index contributed by atoms with van der Waals surface area (Å²) in [4.78, 5) is 0. The van der Waals surface area contributed by atoms with E-state index in [9.17, 15) is 5.11 Å². The first-order valence-corrected chi connectivity index (χ1v) is 10.9. The van der Waals surface area contributed by atoms with Gasteiger partial charge in [-0.25, -0.2) is 0 Å². The molecule has 0 amide bonds. The van der Waals surface area contributed by atoms with E-state index < -0.39 is 0 Å². The lowest BCUT2D eigenvalue weighted by atomic mass is 10.1. The smallest absolute Gasteiger partial charge is 0.123 e. The number of allylic oxidation sites excluding steroid dienone is 1. The molecule has 0 aliphatic carbocycles. The van der Waals surface area contributed by atoms with E-state index in [4.69, 9.17) is 27.9 Å². The van der Waals surface area contributed by atoms with Gasteiger partial charge in [0.1, 0.15) is 17.6 Å². The van der Waals surface area contributed by atoms with Crippen molar-refractivity contribution in [2.24, 2.45) is 0 Å². The maximum absolute atomic E-state index is 9.32. The van der Waals surface area contributed by atoms with E-state index in [1.54, 1.807) is 12.1 Å². The molecule has 2 aromatic rings. The number of hydrogen-bond donors (Lipinski definition) is 1. The molecule has 142 valence electrons. The standard InChI is InChI=1S/C10H11IO.C10H12O.CH2Cl2/c1-7-2-3-10-8(4-7)5-9(6-11)12-10;1-3-4-9-7-8(2)5-6-10(9)11;2-1-3/h2-4,9H,5-6H2,1H3;3,5-7,11H,1,4H2,2H3;1H2. The third-order valence-corrected chi connectivity index (χ3v) is 4.71. The number of aromatic hydroxyl groups is 1. The Hall–Kier alpha value is -0.910. The number of hydrogen-bond acceptors (Lipinski definition) is 2. The second-order valence-corrected chi connectivity index (χ2v) is 7.62. The van der Waals surface area contributed by atoms with Gasteiger partial charge in [0.2, 0.25) is 0 Å². The zero-order valence-electron chi connectivity index (χ0n) is 15.1. The molecular formula is C21H25Cl2IO2. The van der Waals surface area contributed by atoms with Crippen molar-refractivity contribution in [2.75, 3.05) is 9.77 Å². The van der Waals surface area contributed by atoms with Gasteiger partial charge in [0.05, 0.1) is 5.34 Å². The van der Waals surface area contributed by atoms with Crippen LogP contribution in [0.15, 0.2) is 49.1 Å². The molecule has 0 spiro atoms. The molecule has 1 aliphatic heterocycles. The minimum atomic E-state index is 0.194. The summed E-state index contributed by atoms with van der Waals surface area (Å²) in [5.41, 5.74) is 4.81. The molecule has 1 aliphatic rings. The predicted molar refractivity (Wildman–Crippen MR) is 122 cm³/mol. The van der Waals surface area contributed by atoms with Crippen LogP contribution in [-0.2, 0) is 12.8 Å². The SMILES string of the molecule is C=CCc1cc(C)ccc1O.Cc1ccc2c(c1)CC(CI)O2.ClCCl. The number of aryl methyl sites for hydroxylation is 2. The predicted octanol–water partition coefficient (Wildman–Crippen LogP) is 6.58. The topological polar surface area (TPSA) is 29.5 Å². The minimum Gasteiger partial charge on any atom is -0.508 e. The lowest BCUT2D eigenvalue weighted by molar-refractivity contribution is 0.262. The Morgan fingerprint density at radius 3 is 2.42 bits per heavy atom. The lowest BCUT2D eigenvalue weighted by Crippen LogP contribution is -2.13. The number of phenolic OH excluding ortho intramolecular Hbond substituents is 1. The first-order chi connectivity index (χ1) is 12.4. The van der Waals surface area contributed by atoms with Crippen LogP contribution in [0.25, 0.3) is 0 Å². The van der Waals surface area contributed by atoms with Gasteiger partial charge in [0.25, 0.3) is 0 Å². The fourth-order valence-corrected chi connectivity index (χ4v) is 3.06. The van der Waals surface area contributed by atoms with E-state index in [2.05, 4.69) is 54.3 Å². The highest BCUT2D eigenvalue weighted by molar-refractivity contribution is 14.1. The number of alkyl halides is 3. The van der Waals surface area contributed by atoms with Crippen LogP contribution in [0.2, 0.25) is 0 Å². The first kappa shape index (κ1) is 23.1. The van der Waals surface area contributed by atoms with Crippen molar-refractivity contribution in [1.82, 2.24) is 0 Å². The van der Waals surface area contributed by atoms with Crippen molar-refractivity contribution in [3.63, 3.8) is 0 Å². The maximum atomic E-state index is 9.32. The third-order valence-electron chi connectivity index (χ3n) is 3.73. The van der Waals surface area contributed by atoms with E-state index in [1.165, 1.54) is 16.7 Å². The summed E-state index contributed by atoms with van der Waals surface area (Å²) in [7, 11) is 0. The molecule has 0 bridgehead atoms. The van der Waals surface area contributed by atoms with Gasteiger partial charge in [-0.05, 0) is 43.5 Å². The number of benzene rings is 2. The van der Waals surface area contributed by atoms with Crippen LogP contribution < -0.4 is 4.74 Å². The molecule has 1 heterocycles. The van der Waals surface area contributed by atoms with Crippen LogP contribution in [0, 0.1) is 13.8 Å². The number of fused-ring (bicyclic) bond motifs is 1. The molecule has 1 unspecified atom stereocenters. The maximum Gasteiger partial charge on any atom is 0.123 e. The molecule has 0 saturated heterocycles. The molecule has 3 rings (SSSR count). The van der Waals surface area contributed by atoms with Gasteiger partial charge in [0, 0.05) is 10.8 Å². The van der Waals surface area contributed by atoms with E-state index in [-0.39, 0.29) is 5.34 Å². The molecule has 0 fully saturated rings. The average molecular weight is 507 g/mol. The summed E-state index contributed by atoms with van der Waals surface area (Å²) < 4.78 is 6.78. The van der Waals surface area contributed by atoms with Gasteiger partial charge in [0.15, 0.2) is 0 Å². The summed E-state index contributed by atoms with van der Waals surface area (Å²) in [6.45, 7) is 7.74. The van der Waals surface area contributed by atoms with Crippen LogP contribution in [-0.4, -0.2) is 21.0 Å². The molecule has 26 heavy (non-hydrogen) atoms. The fraction of sp³-hybridized carbons (Fsp3) is 0.333. The Labute approximate surface area is 180 Å². The van der Waals surface area contributed by atoms with E-state index >= 15 is 0 Å². The minimum absolute atomic E-state index is 0.194. The van der Waals surface area contributed by atoms with E-state index in [0.717, 1.165) is 28.6 Å². The van der Waals surface area contributed by atoms with Crippen LogP contribution >= 0.6 is 45.8 Å². The van der Waals surface area contributed by atoms with Crippen molar-refractivity contribution < 1.29 is 9.84 Å². The van der Waals surface area contributed by atoms with Crippen molar-refractivity contribution >= 4 is 45.8 Å². The molecular weight excluding hydrogens is 482 g/mol. The number of halogens is 3. The monoisotopic (exact) mass is 506 g/mol. The van der Waals surface area contributed by atoms with Crippen LogP contribution in [0.3, 0.4) is 0 Å². The highest BCUT2D eigenvalue weighted by Gasteiger charge is 2.21. The van der Waals surface area contributed by atoms with Crippen molar-refractivity contribution in [2.45, 2.75) is 32.8 Å². The summed E-state index contributed by atoms with van der Waals surface area (Å²) in [5.74, 6) is 1.44. The molecule has 5 heteroatoms. The lowest BCUT2D eigenvalue weighted by Gasteiger charge is -2.04. The highest BCUT2D eigenvalue weighted by Crippen LogP contribution is 2.29. The first-order valence-electron chi connectivity index (χ1n) is 8.28. The van der Waals surface area contributed by atoms with Crippen LogP contribution in [0.1, 0.15) is 22.3 Å². The zero-order valence-corrected chi connectivity index (χ0v) is 18.8. The van der Waals surface area contributed by atoms with Gasteiger partial charge in [-0.15, -0.1) is 29.8 Å².